The number of nitrogens with zero attached hydrogens (tertiary/aromatic N) is 5. The monoisotopic (exact) mass is 350 g/mol. The molecule has 0 spiro atoms. The lowest BCUT2D eigenvalue weighted by Gasteiger charge is -2.10. The molecule has 1 N–H and O–H groups in total. The highest BCUT2D eigenvalue weighted by Crippen LogP contribution is 2.29. The Morgan fingerprint density at radius 1 is 1.19 bits per heavy atom. The Bertz CT molecular complexity index is 1070. The number of benzene rings is 1. The SMILES string of the molecule is CN(C)CCOC(=O)c1c2ccccc2n2cc(-c3nn[nH]n3)ccc12. The number of ether oxygens (including phenoxy) is 1. The molecule has 0 saturated heterocycles. The first-order valence-corrected chi connectivity index (χ1v) is 8.23. The van der Waals surface area contributed by atoms with E-state index in [1.165, 1.54) is 0 Å². The van der Waals surface area contributed by atoms with Gasteiger partial charge < -0.3 is 14.0 Å². The molecule has 26 heavy (non-hydrogen) atoms. The highest BCUT2D eigenvalue weighted by atomic mass is 16.5. The summed E-state index contributed by atoms with van der Waals surface area (Å²) in [6.45, 7) is 1.02. The molecule has 0 fully saturated rings. The zero-order valence-corrected chi connectivity index (χ0v) is 14.5. The van der Waals surface area contributed by atoms with E-state index in [0.29, 0.717) is 24.5 Å². The minimum absolute atomic E-state index is 0.321. The van der Waals surface area contributed by atoms with Crippen LogP contribution in [0.3, 0.4) is 0 Å². The molecule has 1 aromatic carbocycles. The van der Waals surface area contributed by atoms with Crippen LogP contribution in [0.4, 0.5) is 0 Å². The van der Waals surface area contributed by atoms with Crippen molar-refractivity contribution in [3.8, 4) is 11.4 Å². The summed E-state index contributed by atoms with van der Waals surface area (Å²) >= 11 is 0. The molecule has 0 aliphatic heterocycles. The summed E-state index contributed by atoms with van der Waals surface area (Å²) in [7, 11) is 3.88. The second-order valence-electron chi connectivity index (χ2n) is 6.24. The van der Waals surface area contributed by atoms with Crippen molar-refractivity contribution < 1.29 is 9.53 Å². The quantitative estimate of drug-likeness (QED) is 0.554. The number of fused-ring (bicyclic) bond motifs is 3. The second-order valence-corrected chi connectivity index (χ2v) is 6.24. The van der Waals surface area contributed by atoms with Gasteiger partial charge in [-0.05, 0) is 37.5 Å². The lowest BCUT2D eigenvalue weighted by molar-refractivity contribution is 0.0486. The van der Waals surface area contributed by atoms with Crippen LogP contribution in [0.15, 0.2) is 42.6 Å². The third-order valence-electron chi connectivity index (χ3n) is 4.22. The Balaban J connectivity index is 1.82. The number of likely N-dealkylation sites (N-methyl/N-ethyl adjacent to an activating group) is 1. The molecule has 0 radical (unpaired) electrons. The number of tetrazole rings is 1. The fraction of sp³-hybridized carbons (Fsp3) is 0.222. The molecular weight excluding hydrogens is 332 g/mol. The highest BCUT2D eigenvalue weighted by molar-refractivity contribution is 6.11. The van der Waals surface area contributed by atoms with Crippen molar-refractivity contribution in [2.24, 2.45) is 0 Å². The Morgan fingerprint density at radius 2 is 2.04 bits per heavy atom. The predicted molar refractivity (Wildman–Crippen MR) is 96.9 cm³/mol. The van der Waals surface area contributed by atoms with Crippen LogP contribution in [0.5, 0.6) is 0 Å². The summed E-state index contributed by atoms with van der Waals surface area (Å²) in [5.41, 5.74) is 3.08. The van der Waals surface area contributed by atoms with Crippen LogP contribution >= 0.6 is 0 Å². The molecule has 0 amide bonds. The molecule has 3 heterocycles. The summed E-state index contributed by atoms with van der Waals surface area (Å²) in [6, 6.07) is 11.5. The number of H-pyrrole nitrogens is 1. The first kappa shape index (κ1) is 16.2. The van der Waals surface area contributed by atoms with Gasteiger partial charge >= 0.3 is 5.97 Å². The first-order valence-electron chi connectivity index (χ1n) is 8.23. The first-order chi connectivity index (χ1) is 12.6. The van der Waals surface area contributed by atoms with Gasteiger partial charge in [-0.3, -0.25) is 0 Å². The van der Waals surface area contributed by atoms with Crippen LogP contribution in [-0.2, 0) is 4.74 Å². The zero-order valence-electron chi connectivity index (χ0n) is 14.5. The van der Waals surface area contributed by atoms with Crippen LogP contribution in [0.25, 0.3) is 27.8 Å². The normalized spacial score (nSPS) is 11.5. The highest BCUT2D eigenvalue weighted by Gasteiger charge is 2.20. The summed E-state index contributed by atoms with van der Waals surface area (Å²) in [5, 5.41) is 14.9. The number of rotatable bonds is 5. The van der Waals surface area contributed by atoms with Gasteiger partial charge in [-0.1, -0.05) is 18.2 Å². The molecule has 4 aromatic rings. The number of hydrogen-bond acceptors (Lipinski definition) is 6. The van der Waals surface area contributed by atoms with Gasteiger partial charge in [0.05, 0.1) is 16.6 Å². The molecule has 8 heteroatoms. The van der Waals surface area contributed by atoms with Gasteiger partial charge in [-0.15, -0.1) is 10.2 Å². The minimum Gasteiger partial charge on any atom is -0.461 e. The van der Waals surface area contributed by atoms with Crippen molar-refractivity contribution in [3.05, 3.63) is 48.2 Å². The van der Waals surface area contributed by atoms with E-state index in [9.17, 15) is 4.79 Å². The molecule has 0 aliphatic carbocycles. The average molecular weight is 350 g/mol. The minimum atomic E-state index is -0.321. The second kappa shape index (κ2) is 6.57. The Morgan fingerprint density at radius 3 is 2.81 bits per heavy atom. The molecule has 3 aromatic heterocycles. The van der Waals surface area contributed by atoms with E-state index in [-0.39, 0.29) is 5.97 Å². The van der Waals surface area contributed by atoms with Crippen molar-refractivity contribution in [3.63, 3.8) is 0 Å². The van der Waals surface area contributed by atoms with Crippen molar-refractivity contribution in [2.45, 2.75) is 0 Å². The number of pyridine rings is 1. The molecule has 0 bridgehead atoms. The van der Waals surface area contributed by atoms with Gasteiger partial charge in [0, 0.05) is 23.7 Å². The van der Waals surface area contributed by atoms with Crippen molar-refractivity contribution >= 4 is 22.4 Å². The van der Waals surface area contributed by atoms with Crippen molar-refractivity contribution in [1.82, 2.24) is 29.9 Å². The molecule has 0 aliphatic rings. The van der Waals surface area contributed by atoms with E-state index < -0.39 is 0 Å². The van der Waals surface area contributed by atoms with Gasteiger partial charge in [0.2, 0.25) is 5.82 Å². The molecule has 132 valence electrons. The number of esters is 1. The van der Waals surface area contributed by atoms with E-state index >= 15 is 0 Å². The fourth-order valence-corrected chi connectivity index (χ4v) is 2.96. The molecule has 0 unspecified atom stereocenters. The van der Waals surface area contributed by atoms with Gasteiger partial charge in [0.25, 0.3) is 0 Å². The maximum absolute atomic E-state index is 12.7. The van der Waals surface area contributed by atoms with Crippen LogP contribution in [-0.4, -0.2) is 63.1 Å². The number of carbonyl (C=O) groups excluding carboxylic acids is 1. The summed E-state index contributed by atoms with van der Waals surface area (Å²) in [6.07, 6.45) is 1.90. The van der Waals surface area contributed by atoms with E-state index in [4.69, 9.17) is 4.74 Å². The largest absolute Gasteiger partial charge is 0.461 e. The maximum Gasteiger partial charge on any atom is 0.341 e. The van der Waals surface area contributed by atoms with Crippen LogP contribution in [0, 0.1) is 0 Å². The number of hydrogen-bond donors (Lipinski definition) is 1. The fourth-order valence-electron chi connectivity index (χ4n) is 2.96. The van der Waals surface area contributed by atoms with Crippen LogP contribution < -0.4 is 0 Å². The standard InChI is InChI=1S/C18H18N6O2/c1-23(2)9-10-26-18(25)16-13-5-3-4-6-14(13)24-11-12(7-8-15(16)24)17-19-21-22-20-17/h3-8,11H,9-10H2,1-2H3,(H,19,20,21,22). The van der Waals surface area contributed by atoms with E-state index in [1.54, 1.807) is 0 Å². The topological polar surface area (TPSA) is 88.4 Å². The smallest absolute Gasteiger partial charge is 0.341 e. The summed E-state index contributed by atoms with van der Waals surface area (Å²) in [4.78, 5) is 14.7. The molecular formula is C18H18N6O2. The number of nitrogens with one attached hydrogen (secondary N) is 1. The van der Waals surface area contributed by atoms with Gasteiger partial charge in [-0.2, -0.15) is 5.21 Å². The predicted octanol–water partition coefficient (Wildman–Crippen LogP) is 1.99. The molecule has 8 nitrogen and oxygen atoms in total. The molecule has 0 saturated carbocycles. The maximum atomic E-state index is 12.7. The van der Waals surface area contributed by atoms with Gasteiger partial charge in [0.1, 0.15) is 6.61 Å². The number of para-hydroxylation sites is 1. The Kier molecular flexibility index (Phi) is 4.10. The number of aromatic nitrogens is 5. The average Bonchev–Trinajstić information content (AvgIpc) is 3.27. The van der Waals surface area contributed by atoms with E-state index in [1.807, 2.05) is 66.0 Å². The number of aromatic amines is 1. The van der Waals surface area contributed by atoms with E-state index in [2.05, 4.69) is 20.6 Å². The number of carbonyl (C=O) groups is 1. The van der Waals surface area contributed by atoms with Gasteiger partial charge in [0.15, 0.2) is 0 Å². The Labute approximate surface area is 149 Å². The Hall–Kier alpha value is -3.26. The third kappa shape index (κ3) is 2.80. The van der Waals surface area contributed by atoms with Gasteiger partial charge in [-0.25, -0.2) is 4.79 Å². The lowest BCUT2D eigenvalue weighted by Crippen LogP contribution is -2.20. The summed E-state index contributed by atoms with van der Waals surface area (Å²) in [5.74, 6) is 0.178. The third-order valence-corrected chi connectivity index (χ3v) is 4.22. The van der Waals surface area contributed by atoms with Crippen LogP contribution in [0.1, 0.15) is 10.4 Å². The molecule has 4 rings (SSSR count). The van der Waals surface area contributed by atoms with Crippen molar-refractivity contribution in [1.29, 1.82) is 0 Å². The van der Waals surface area contributed by atoms with Crippen LogP contribution in [0.2, 0.25) is 0 Å². The molecule has 0 atom stereocenters. The van der Waals surface area contributed by atoms with E-state index in [0.717, 1.165) is 22.0 Å². The lowest BCUT2D eigenvalue weighted by atomic mass is 10.1. The zero-order chi connectivity index (χ0) is 18.1. The van der Waals surface area contributed by atoms with Crippen molar-refractivity contribution in [2.75, 3.05) is 27.2 Å². The summed E-state index contributed by atoms with van der Waals surface area (Å²) < 4.78 is 7.44.